The first-order valence-electron chi connectivity index (χ1n) is 10.5. The van der Waals surface area contributed by atoms with Crippen molar-refractivity contribution in [3.8, 4) is 11.3 Å². The first-order chi connectivity index (χ1) is 16.2. The summed E-state index contributed by atoms with van der Waals surface area (Å²) in [6.07, 6.45) is 3.59. The normalized spacial score (nSPS) is 11.0. The maximum Gasteiger partial charge on any atom is 0.270 e. The summed E-state index contributed by atoms with van der Waals surface area (Å²) in [7, 11) is 1.79. The van der Waals surface area contributed by atoms with Gasteiger partial charge in [0.2, 0.25) is 5.62 Å². The van der Waals surface area contributed by atoms with Gasteiger partial charge in [0.15, 0.2) is 0 Å². The van der Waals surface area contributed by atoms with Crippen LogP contribution in [0.1, 0.15) is 27.2 Å². The van der Waals surface area contributed by atoms with E-state index < -0.39 is 0 Å². The van der Waals surface area contributed by atoms with Gasteiger partial charge in [-0.25, -0.2) is 9.37 Å². The fraction of sp³-hybridized carbons (Fsp3) is 0.160. The molecule has 0 spiro atoms. The van der Waals surface area contributed by atoms with E-state index in [9.17, 15) is 9.18 Å². The van der Waals surface area contributed by atoms with Gasteiger partial charge in [-0.2, -0.15) is 0 Å². The molecule has 6 nitrogen and oxygen atoms in total. The van der Waals surface area contributed by atoms with Gasteiger partial charge >= 0.3 is 0 Å². The Labute approximate surface area is 206 Å². The average Bonchev–Trinajstić information content (AvgIpc) is 3.11. The molecule has 4 aromatic rings. The number of hydrogen-bond acceptors (Lipinski definition) is 3. The number of carbonyl (C=O) groups excluding carboxylic acids is 1. The zero-order valence-corrected chi connectivity index (χ0v) is 20.1. The van der Waals surface area contributed by atoms with Gasteiger partial charge in [0.1, 0.15) is 11.5 Å². The Morgan fingerprint density at radius 2 is 1.85 bits per heavy atom. The first kappa shape index (κ1) is 23.7. The van der Waals surface area contributed by atoms with Crippen LogP contribution in [-0.4, -0.2) is 20.0 Å². The second kappa shape index (κ2) is 9.83. The SMILES string of the molecule is Cc1cc(F)ccc1-c1cc(Cn2ccn(C)c2=N)cc(C(=O)NCc2ccc(Cl)c(Cl)c2)n1. The Kier molecular flexibility index (Phi) is 6.86. The number of nitrogens with zero attached hydrogens (tertiary/aromatic N) is 3. The molecule has 174 valence electrons. The maximum atomic E-state index is 13.7. The molecule has 0 saturated heterocycles. The van der Waals surface area contributed by atoms with Crippen molar-refractivity contribution < 1.29 is 9.18 Å². The van der Waals surface area contributed by atoms with Gasteiger partial charge in [0.05, 0.1) is 22.3 Å². The van der Waals surface area contributed by atoms with E-state index >= 15 is 0 Å². The number of benzene rings is 2. The van der Waals surface area contributed by atoms with Crippen LogP contribution >= 0.6 is 23.2 Å². The highest BCUT2D eigenvalue weighted by Gasteiger charge is 2.14. The largest absolute Gasteiger partial charge is 0.347 e. The van der Waals surface area contributed by atoms with Crippen LogP contribution in [0, 0.1) is 18.2 Å². The summed E-state index contributed by atoms with van der Waals surface area (Å²) >= 11 is 12.0. The lowest BCUT2D eigenvalue weighted by Gasteiger charge is -2.12. The van der Waals surface area contributed by atoms with Crippen molar-refractivity contribution in [2.45, 2.75) is 20.0 Å². The van der Waals surface area contributed by atoms with Gasteiger partial charge in [-0.1, -0.05) is 29.3 Å². The fourth-order valence-electron chi connectivity index (χ4n) is 3.62. The van der Waals surface area contributed by atoms with E-state index in [1.54, 1.807) is 65.8 Å². The van der Waals surface area contributed by atoms with Crippen molar-refractivity contribution in [1.29, 1.82) is 5.41 Å². The lowest BCUT2D eigenvalue weighted by molar-refractivity contribution is 0.0946. The van der Waals surface area contributed by atoms with Crippen LogP contribution in [-0.2, 0) is 20.1 Å². The lowest BCUT2D eigenvalue weighted by Crippen LogP contribution is -2.25. The summed E-state index contributed by atoms with van der Waals surface area (Å²) in [6.45, 7) is 2.42. The summed E-state index contributed by atoms with van der Waals surface area (Å²) in [6, 6.07) is 13.2. The van der Waals surface area contributed by atoms with Crippen LogP contribution in [0.5, 0.6) is 0 Å². The third-order valence-electron chi connectivity index (χ3n) is 5.45. The number of pyridine rings is 1. The second-order valence-electron chi connectivity index (χ2n) is 8.00. The van der Waals surface area contributed by atoms with Crippen molar-refractivity contribution in [3.63, 3.8) is 0 Å². The van der Waals surface area contributed by atoms with Crippen LogP contribution in [0.15, 0.2) is 60.9 Å². The molecule has 0 atom stereocenters. The minimum Gasteiger partial charge on any atom is -0.347 e. The molecule has 0 unspecified atom stereocenters. The quantitative estimate of drug-likeness (QED) is 0.388. The van der Waals surface area contributed by atoms with Crippen molar-refractivity contribution in [2.24, 2.45) is 7.05 Å². The third-order valence-corrected chi connectivity index (χ3v) is 6.19. The van der Waals surface area contributed by atoms with Crippen LogP contribution in [0.25, 0.3) is 11.3 Å². The fourth-order valence-corrected chi connectivity index (χ4v) is 3.94. The van der Waals surface area contributed by atoms with Gasteiger partial charge in [-0.05, 0) is 66.1 Å². The Morgan fingerprint density at radius 1 is 1.06 bits per heavy atom. The van der Waals surface area contributed by atoms with E-state index in [-0.39, 0.29) is 24.0 Å². The Morgan fingerprint density at radius 3 is 2.53 bits per heavy atom. The van der Waals surface area contributed by atoms with E-state index in [0.717, 1.165) is 16.7 Å². The summed E-state index contributed by atoms with van der Waals surface area (Å²) in [5.41, 5.74) is 4.12. The number of aryl methyl sites for hydroxylation is 2. The molecular formula is C25H22Cl2FN5O. The zero-order chi connectivity index (χ0) is 24.4. The van der Waals surface area contributed by atoms with Crippen molar-refractivity contribution in [1.82, 2.24) is 19.4 Å². The molecule has 1 amide bonds. The van der Waals surface area contributed by atoms with Gasteiger partial charge in [0, 0.05) is 31.5 Å². The van der Waals surface area contributed by atoms with E-state index in [1.807, 2.05) is 6.07 Å². The number of nitrogens with one attached hydrogen (secondary N) is 2. The predicted molar refractivity (Wildman–Crippen MR) is 130 cm³/mol. The number of halogens is 3. The van der Waals surface area contributed by atoms with Crippen LogP contribution in [0.3, 0.4) is 0 Å². The Hall–Kier alpha value is -3.42. The third kappa shape index (κ3) is 5.21. The molecule has 2 aromatic heterocycles. The van der Waals surface area contributed by atoms with Gasteiger partial charge < -0.3 is 14.5 Å². The highest BCUT2D eigenvalue weighted by Crippen LogP contribution is 2.25. The molecule has 2 aromatic carbocycles. The summed E-state index contributed by atoms with van der Waals surface area (Å²) in [4.78, 5) is 17.6. The summed E-state index contributed by atoms with van der Waals surface area (Å²) in [5, 5.41) is 11.9. The number of carbonyl (C=O) groups is 1. The van der Waals surface area contributed by atoms with Crippen LogP contribution in [0.2, 0.25) is 10.0 Å². The average molecular weight is 498 g/mol. The number of rotatable bonds is 6. The molecule has 2 N–H and O–H groups in total. The highest BCUT2D eigenvalue weighted by atomic mass is 35.5. The molecule has 0 radical (unpaired) electrons. The Balaban J connectivity index is 1.68. The number of imidazole rings is 1. The molecule has 0 aliphatic heterocycles. The molecule has 0 aliphatic carbocycles. The number of aromatic nitrogens is 3. The van der Waals surface area contributed by atoms with E-state index in [4.69, 9.17) is 28.6 Å². The van der Waals surface area contributed by atoms with Crippen LogP contribution < -0.4 is 10.9 Å². The lowest BCUT2D eigenvalue weighted by atomic mass is 10.0. The molecule has 0 fully saturated rings. The molecular weight excluding hydrogens is 476 g/mol. The molecule has 0 saturated carbocycles. The second-order valence-corrected chi connectivity index (χ2v) is 8.81. The summed E-state index contributed by atoms with van der Waals surface area (Å²) in [5.74, 6) is -0.700. The van der Waals surface area contributed by atoms with Gasteiger partial charge in [-0.3, -0.25) is 10.2 Å². The molecule has 2 heterocycles. The van der Waals surface area contributed by atoms with Gasteiger partial charge in [-0.15, -0.1) is 0 Å². The molecule has 0 bridgehead atoms. The van der Waals surface area contributed by atoms with Crippen molar-refractivity contribution in [2.75, 3.05) is 0 Å². The highest BCUT2D eigenvalue weighted by molar-refractivity contribution is 6.42. The predicted octanol–water partition coefficient (Wildman–Crippen LogP) is 5.10. The molecule has 0 aliphatic rings. The van der Waals surface area contributed by atoms with Crippen molar-refractivity contribution in [3.05, 3.63) is 105 Å². The van der Waals surface area contributed by atoms with E-state index in [1.165, 1.54) is 12.1 Å². The molecule has 34 heavy (non-hydrogen) atoms. The topological polar surface area (TPSA) is 75.7 Å². The Bertz CT molecular complexity index is 1440. The maximum absolute atomic E-state index is 13.7. The minimum absolute atomic E-state index is 0.222. The zero-order valence-electron chi connectivity index (χ0n) is 18.6. The van der Waals surface area contributed by atoms with Crippen LogP contribution in [0.4, 0.5) is 4.39 Å². The van der Waals surface area contributed by atoms with Gasteiger partial charge in [0.25, 0.3) is 5.91 Å². The number of hydrogen-bond donors (Lipinski definition) is 2. The van der Waals surface area contributed by atoms with Crippen molar-refractivity contribution >= 4 is 29.1 Å². The standard InChI is InChI=1S/C25H22Cl2FN5O/c1-15-9-18(28)4-5-19(15)22-11-17(14-33-8-7-32(2)25(33)29)12-23(31-22)24(34)30-13-16-3-6-20(26)21(27)10-16/h3-12,29H,13-14H2,1-2H3,(H,30,34). The molecule has 9 heteroatoms. The smallest absolute Gasteiger partial charge is 0.270 e. The monoisotopic (exact) mass is 497 g/mol. The van der Waals surface area contributed by atoms with E-state index in [2.05, 4.69) is 10.3 Å². The molecule has 4 rings (SSSR count). The number of amides is 1. The summed E-state index contributed by atoms with van der Waals surface area (Å²) < 4.78 is 17.1. The minimum atomic E-state index is -0.363. The first-order valence-corrected chi connectivity index (χ1v) is 11.2. The van der Waals surface area contributed by atoms with E-state index in [0.29, 0.717) is 33.5 Å².